The summed E-state index contributed by atoms with van der Waals surface area (Å²) in [5.41, 5.74) is 0.817. The normalized spacial score (nSPS) is 17.1. The van der Waals surface area contributed by atoms with Crippen LogP contribution in [0.4, 0.5) is 4.79 Å². The number of phenolic OH excluding ortho intramolecular Hbond substituents is 1. The van der Waals surface area contributed by atoms with Crippen LogP contribution in [0.5, 0.6) is 11.5 Å². The lowest BCUT2D eigenvalue weighted by atomic mass is 10.2. The van der Waals surface area contributed by atoms with Gasteiger partial charge >= 0.3 is 0 Å². The summed E-state index contributed by atoms with van der Waals surface area (Å²) in [6.07, 6.45) is 1.78. The second kappa shape index (κ2) is 5.41. The first-order valence-electron chi connectivity index (χ1n) is 5.31. The molecule has 1 heterocycles. The molecular weight excluding hydrogens is 270 g/mol. The molecule has 0 unspecified atom stereocenters. The standard InChI is InChI=1S/C12H11NO3S2/c1-2-16-9-5-7(3-4-8(9)14)6-10-11(17)13-12(15)18-10/h3-6,14H,2H2,1H3,(H,13,15,17)/b10-6-. The van der Waals surface area contributed by atoms with Gasteiger partial charge in [-0.25, -0.2) is 0 Å². The quantitative estimate of drug-likeness (QED) is 0.659. The van der Waals surface area contributed by atoms with E-state index in [0.717, 1.165) is 17.3 Å². The van der Waals surface area contributed by atoms with Crippen molar-refractivity contribution >= 4 is 40.3 Å². The molecular formula is C12H11NO3S2. The van der Waals surface area contributed by atoms with E-state index < -0.39 is 0 Å². The molecule has 0 aliphatic carbocycles. The Hall–Kier alpha value is -1.53. The minimum absolute atomic E-state index is 0.0925. The largest absolute Gasteiger partial charge is 0.504 e. The Morgan fingerprint density at radius 1 is 1.56 bits per heavy atom. The minimum Gasteiger partial charge on any atom is -0.504 e. The number of benzene rings is 1. The monoisotopic (exact) mass is 281 g/mol. The van der Waals surface area contributed by atoms with E-state index in [1.54, 1.807) is 24.3 Å². The summed E-state index contributed by atoms with van der Waals surface area (Å²) < 4.78 is 5.29. The predicted molar refractivity (Wildman–Crippen MR) is 76.0 cm³/mol. The van der Waals surface area contributed by atoms with Gasteiger partial charge in [0.1, 0.15) is 4.99 Å². The number of carbonyl (C=O) groups is 1. The van der Waals surface area contributed by atoms with E-state index in [0.29, 0.717) is 22.3 Å². The average molecular weight is 281 g/mol. The van der Waals surface area contributed by atoms with Gasteiger partial charge in [0.15, 0.2) is 11.5 Å². The molecule has 2 N–H and O–H groups in total. The molecule has 1 amide bonds. The van der Waals surface area contributed by atoms with E-state index in [4.69, 9.17) is 17.0 Å². The van der Waals surface area contributed by atoms with Crippen molar-refractivity contribution in [2.45, 2.75) is 6.92 Å². The van der Waals surface area contributed by atoms with Crippen molar-refractivity contribution in [1.82, 2.24) is 5.32 Å². The SMILES string of the molecule is CCOc1cc(/C=C2\SC(=O)NC2=S)ccc1O. The maximum atomic E-state index is 11.1. The molecule has 1 saturated heterocycles. The van der Waals surface area contributed by atoms with Gasteiger partial charge in [-0.1, -0.05) is 18.3 Å². The molecule has 18 heavy (non-hydrogen) atoms. The third-order valence-corrected chi connectivity index (χ3v) is 3.50. The molecule has 1 fully saturated rings. The van der Waals surface area contributed by atoms with Crippen molar-refractivity contribution in [2.75, 3.05) is 6.61 Å². The van der Waals surface area contributed by atoms with E-state index in [2.05, 4.69) is 5.32 Å². The highest BCUT2D eigenvalue weighted by Crippen LogP contribution is 2.31. The number of nitrogens with one attached hydrogen (secondary N) is 1. The first kappa shape index (κ1) is 12.9. The van der Waals surface area contributed by atoms with Crippen LogP contribution < -0.4 is 10.1 Å². The Bertz CT molecular complexity index is 540. The Labute approximate surface area is 114 Å². The second-order valence-electron chi connectivity index (χ2n) is 3.51. The van der Waals surface area contributed by atoms with Crippen LogP contribution in [0.3, 0.4) is 0 Å². The van der Waals surface area contributed by atoms with Crippen LogP contribution in [0.25, 0.3) is 6.08 Å². The minimum atomic E-state index is -0.171. The summed E-state index contributed by atoms with van der Waals surface area (Å²) in [6.45, 7) is 2.32. The van der Waals surface area contributed by atoms with Crippen LogP contribution >= 0.6 is 24.0 Å². The van der Waals surface area contributed by atoms with Crippen LogP contribution in [-0.4, -0.2) is 21.9 Å². The van der Waals surface area contributed by atoms with Gasteiger partial charge in [0.05, 0.1) is 11.5 Å². The lowest BCUT2D eigenvalue weighted by molar-refractivity contribution is 0.265. The third kappa shape index (κ3) is 2.83. The van der Waals surface area contributed by atoms with E-state index in [-0.39, 0.29) is 11.0 Å². The maximum Gasteiger partial charge on any atom is 0.289 e. The van der Waals surface area contributed by atoms with Gasteiger partial charge in [-0.05, 0) is 42.5 Å². The Morgan fingerprint density at radius 2 is 2.33 bits per heavy atom. The van der Waals surface area contributed by atoms with Gasteiger partial charge < -0.3 is 15.2 Å². The van der Waals surface area contributed by atoms with E-state index >= 15 is 0 Å². The third-order valence-electron chi connectivity index (χ3n) is 2.22. The zero-order valence-electron chi connectivity index (χ0n) is 9.60. The van der Waals surface area contributed by atoms with Crippen molar-refractivity contribution in [3.8, 4) is 11.5 Å². The molecule has 1 aromatic carbocycles. The average Bonchev–Trinajstić information content (AvgIpc) is 2.62. The number of ether oxygens (including phenoxy) is 1. The number of hydrogen-bond acceptors (Lipinski definition) is 5. The Kier molecular flexibility index (Phi) is 3.88. The molecule has 0 aromatic heterocycles. The molecule has 0 saturated carbocycles. The number of rotatable bonds is 3. The summed E-state index contributed by atoms with van der Waals surface area (Å²) in [5.74, 6) is 0.509. The molecule has 1 aromatic rings. The number of hydrogen-bond donors (Lipinski definition) is 2. The molecule has 0 atom stereocenters. The fraction of sp³-hybridized carbons (Fsp3) is 0.167. The van der Waals surface area contributed by atoms with Crippen LogP contribution in [0, 0.1) is 0 Å². The Morgan fingerprint density at radius 3 is 2.94 bits per heavy atom. The van der Waals surface area contributed by atoms with Gasteiger partial charge in [0, 0.05) is 0 Å². The van der Waals surface area contributed by atoms with Crippen molar-refractivity contribution in [3.05, 3.63) is 28.7 Å². The van der Waals surface area contributed by atoms with Gasteiger partial charge in [-0.15, -0.1) is 0 Å². The second-order valence-corrected chi connectivity index (χ2v) is 4.94. The molecule has 0 spiro atoms. The molecule has 0 bridgehead atoms. The van der Waals surface area contributed by atoms with Crippen molar-refractivity contribution in [2.24, 2.45) is 0 Å². The van der Waals surface area contributed by atoms with Crippen LogP contribution in [0.1, 0.15) is 12.5 Å². The van der Waals surface area contributed by atoms with Crippen molar-refractivity contribution < 1.29 is 14.6 Å². The zero-order chi connectivity index (χ0) is 13.1. The number of phenols is 1. The molecule has 0 radical (unpaired) electrons. The first-order chi connectivity index (χ1) is 8.60. The fourth-order valence-electron chi connectivity index (χ4n) is 1.46. The number of thioether (sulfide) groups is 1. The topological polar surface area (TPSA) is 58.6 Å². The highest BCUT2D eigenvalue weighted by atomic mass is 32.2. The van der Waals surface area contributed by atoms with Crippen LogP contribution in [-0.2, 0) is 0 Å². The van der Waals surface area contributed by atoms with Crippen molar-refractivity contribution in [3.63, 3.8) is 0 Å². The van der Waals surface area contributed by atoms with Crippen LogP contribution in [0.2, 0.25) is 0 Å². The summed E-state index contributed by atoms with van der Waals surface area (Å²) in [4.78, 5) is 12.3. The molecule has 94 valence electrons. The van der Waals surface area contributed by atoms with Crippen LogP contribution in [0.15, 0.2) is 23.1 Å². The van der Waals surface area contributed by atoms with Crippen molar-refractivity contribution in [1.29, 1.82) is 0 Å². The predicted octanol–water partition coefficient (Wildman–Crippen LogP) is 2.92. The molecule has 2 rings (SSSR count). The van der Waals surface area contributed by atoms with E-state index in [1.807, 2.05) is 6.92 Å². The summed E-state index contributed by atoms with van der Waals surface area (Å²) >= 11 is 6.08. The maximum absolute atomic E-state index is 11.1. The van der Waals surface area contributed by atoms with Gasteiger partial charge in [-0.2, -0.15) is 0 Å². The highest BCUT2D eigenvalue weighted by molar-refractivity contribution is 8.19. The summed E-state index contributed by atoms with van der Waals surface area (Å²) in [7, 11) is 0. The number of carbonyl (C=O) groups excluding carboxylic acids is 1. The summed E-state index contributed by atoms with van der Waals surface area (Å²) in [6, 6.07) is 4.99. The lowest BCUT2D eigenvalue weighted by Crippen LogP contribution is -2.15. The number of aromatic hydroxyl groups is 1. The number of amides is 1. The Balaban J connectivity index is 2.29. The van der Waals surface area contributed by atoms with Gasteiger partial charge in [0.2, 0.25) is 0 Å². The van der Waals surface area contributed by atoms with E-state index in [1.165, 1.54) is 0 Å². The zero-order valence-corrected chi connectivity index (χ0v) is 11.2. The fourth-order valence-corrected chi connectivity index (χ4v) is 2.50. The number of thiocarbonyl (C=S) groups is 1. The highest BCUT2D eigenvalue weighted by Gasteiger charge is 2.21. The molecule has 1 aliphatic heterocycles. The molecule has 4 nitrogen and oxygen atoms in total. The van der Waals surface area contributed by atoms with Gasteiger partial charge in [-0.3, -0.25) is 4.79 Å². The van der Waals surface area contributed by atoms with E-state index in [9.17, 15) is 9.90 Å². The lowest BCUT2D eigenvalue weighted by Gasteiger charge is -2.06. The first-order valence-corrected chi connectivity index (χ1v) is 6.53. The van der Waals surface area contributed by atoms with Gasteiger partial charge in [0.25, 0.3) is 5.24 Å². The molecule has 1 aliphatic rings. The smallest absolute Gasteiger partial charge is 0.289 e. The summed E-state index contributed by atoms with van der Waals surface area (Å²) in [5, 5.41) is 12.0. The molecule has 6 heteroatoms.